The Labute approximate surface area is 123 Å². The zero-order valence-electron chi connectivity index (χ0n) is 12.7. The van der Waals surface area contributed by atoms with Crippen LogP contribution >= 0.6 is 0 Å². The van der Waals surface area contributed by atoms with Crippen LogP contribution in [-0.2, 0) is 6.42 Å². The number of rotatable bonds is 4. The molecule has 2 fully saturated rings. The molecule has 2 atom stereocenters. The standard InChI is InChI=1S/C18H28N2/c1-15-12-19-13-18(15)14-20-9-7-17(8-10-20)11-16-5-3-2-4-6-16/h2-6,15,17-19H,7-14H2,1H3. The van der Waals surface area contributed by atoms with Gasteiger partial charge in [0.2, 0.25) is 0 Å². The highest BCUT2D eigenvalue weighted by Crippen LogP contribution is 2.24. The predicted octanol–water partition coefficient (Wildman–Crippen LogP) is 2.80. The van der Waals surface area contributed by atoms with Crippen LogP contribution in [-0.4, -0.2) is 37.6 Å². The van der Waals surface area contributed by atoms with Crippen molar-refractivity contribution in [3.63, 3.8) is 0 Å². The monoisotopic (exact) mass is 272 g/mol. The summed E-state index contributed by atoms with van der Waals surface area (Å²) in [6.45, 7) is 8.76. The van der Waals surface area contributed by atoms with E-state index in [-0.39, 0.29) is 0 Å². The smallest absolute Gasteiger partial charge is 0.00248 e. The van der Waals surface area contributed by atoms with E-state index < -0.39 is 0 Å². The molecule has 0 amide bonds. The normalized spacial score (nSPS) is 28.9. The van der Waals surface area contributed by atoms with E-state index in [1.54, 1.807) is 0 Å². The second-order valence-corrected chi connectivity index (χ2v) is 6.83. The third-order valence-corrected chi connectivity index (χ3v) is 5.24. The number of hydrogen-bond acceptors (Lipinski definition) is 2. The van der Waals surface area contributed by atoms with Gasteiger partial charge < -0.3 is 10.2 Å². The quantitative estimate of drug-likeness (QED) is 0.906. The van der Waals surface area contributed by atoms with Crippen LogP contribution in [0.15, 0.2) is 30.3 Å². The summed E-state index contributed by atoms with van der Waals surface area (Å²) < 4.78 is 0. The summed E-state index contributed by atoms with van der Waals surface area (Å²) in [7, 11) is 0. The Balaban J connectivity index is 1.43. The summed E-state index contributed by atoms with van der Waals surface area (Å²) in [5.41, 5.74) is 1.51. The maximum Gasteiger partial charge on any atom is 0.00248 e. The van der Waals surface area contributed by atoms with Crippen molar-refractivity contribution in [2.45, 2.75) is 26.2 Å². The first-order valence-electron chi connectivity index (χ1n) is 8.28. The molecule has 2 heteroatoms. The van der Waals surface area contributed by atoms with E-state index in [0.717, 1.165) is 17.8 Å². The summed E-state index contributed by atoms with van der Waals surface area (Å²) in [5.74, 6) is 2.63. The molecule has 1 aromatic carbocycles. The minimum absolute atomic E-state index is 0.858. The Morgan fingerprint density at radius 3 is 2.50 bits per heavy atom. The topological polar surface area (TPSA) is 15.3 Å². The summed E-state index contributed by atoms with van der Waals surface area (Å²) in [5, 5.41) is 3.53. The molecule has 0 radical (unpaired) electrons. The zero-order chi connectivity index (χ0) is 13.8. The first-order valence-corrected chi connectivity index (χ1v) is 8.28. The van der Waals surface area contributed by atoms with Gasteiger partial charge in [0.1, 0.15) is 0 Å². The Hall–Kier alpha value is -0.860. The van der Waals surface area contributed by atoms with Crippen LogP contribution in [0.4, 0.5) is 0 Å². The average Bonchev–Trinajstić information content (AvgIpc) is 2.88. The van der Waals surface area contributed by atoms with Gasteiger partial charge in [-0.25, -0.2) is 0 Å². The van der Waals surface area contributed by atoms with Crippen LogP contribution in [0.1, 0.15) is 25.3 Å². The Morgan fingerprint density at radius 2 is 1.85 bits per heavy atom. The molecule has 1 N–H and O–H groups in total. The van der Waals surface area contributed by atoms with Crippen LogP contribution in [0.2, 0.25) is 0 Å². The fourth-order valence-electron chi connectivity index (χ4n) is 3.76. The average molecular weight is 272 g/mol. The van der Waals surface area contributed by atoms with E-state index in [2.05, 4.69) is 47.5 Å². The van der Waals surface area contributed by atoms with E-state index in [1.165, 1.54) is 57.5 Å². The third-order valence-electron chi connectivity index (χ3n) is 5.24. The Bertz CT molecular complexity index is 395. The summed E-state index contributed by atoms with van der Waals surface area (Å²) in [6, 6.07) is 11.0. The van der Waals surface area contributed by atoms with Crippen LogP contribution in [0.5, 0.6) is 0 Å². The van der Waals surface area contributed by atoms with Gasteiger partial charge in [-0.2, -0.15) is 0 Å². The number of piperidine rings is 1. The van der Waals surface area contributed by atoms with Crippen LogP contribution in [0, 0.1) is 17.8 Å². The molecule has 2 heterocycles. The molecule has 20 heavy (non-hydrogen) atoms. The fourth-order valence-corrected chi connectivity index (χ4v) is 3.76. The second-order valence-electron chi connectivity index (χ2n) is 6.83. The van der Waals surface area contributed by atoms with E-state index in [1.807, 2.05) is 0 Å². The van der Waals surface area contributed by atoms with E-state index in [4.69, 9.17) is 0 Å². The van der Waals surface area contributed by atoms with Gasteiger partial charge in [0.25, 0.3) is 0 Å². The Kier molecular flexibility index (Phi) is 4.74. The SMILES string of the molecule is CC1CNCC1CN1CCC(Cc2ccccc2)CC1. The highest BCUT2D eigenvalue weighted by molar-refractivity contribution is 5.15. The summed E-state index contributed by atoms with van der Waals surface area (Å²) in [4.78, 5) is 2.70. The Morgan fingerprint density at radius 1 is 1.10 bits per heavy atom. The minimum atomic E-state index is 0.858. The lowest BCUT2D eigenvalue weighted by atomic mass is 9.89. The van der Waals surface area contributed by atoms with E-state index in [9.17, 15) is 0 Å². The predicted molar refractivity (Wildman–Crippen MR) is 84.8 cm³/mol. The molecule has 0 aromatic heterocycles. The lowest BCUT2D eigenvalue weighted by molar-refractivity contribution is 0.154. The van der Waals surface area contributed by atoms with Crippen LogP contribution in [0.3, 0.4) is 0 Å². The van der Waals surface area contributed by atoms with Crippen molar-refractivity contribution >= 4 is 0 Å². The molecule has 2 unspecified atom stereocenters. The van der Waals surface area contributed by atoms with Crippen molar-refractivity contribution in [1.29, 1.82) is 0 Å². The largest absolute Gasteiger partial charge is 0.316 e. The maximum absolute atomic E-state index is 3.53. The van der Waals surface area contributed by atoms with Crippen molar-refractivity contribution < 1.29 is 0 Å². The molecule has 110 valence electrons. The van der Waals surface area contributed by atoms with Crippen molar-refractivity contribution in [3.05, 3.63) is 35.9 Å². The number of nitrogens with one attached hydrogen (secondary N) is 1. The fraction of sp³-hybridized carbons (Fsp3) is 0.667. The molecule has 0 aliphatic carbocycles. The van der Waals surface area contributed by atoms with E-state index >= 15 is 0 Å². The molecule has 2 nitrogen and oxygen atoms in total. The van der Waals surface area contributed by atoms with Gasteiger partial charge in [-0.15, -0.1) is 0 Å². The second kappa shape index (κ2) is 6.73. The summed E-state index contributed by atoms with van der Waals surface area (Å²) in [6.07, 6.45) is 4.03. The van der Waals surface area contributed by atoms with E-state index in [0.29, 0.717) is 0 Å². The van der Waals surface area contributed by atoms with Crippen molar-refractivity contribution in [1.82, 2.24) is 10.2 Å². The van der Waals surface area contributed by atoms with Crippen molar-refractivity contribution in [2.24, 2.45) is 17.8 Å². The van der Waals surface area contributed by atoms with Crippen LogP contribution in [0.25, 0.3) is 0 Å². The van der Waals surface area contributed by atoms with Gasteiger partial charge in [-0.1, -0.05) is 37.3 Å². The molecule has 2 aliphatic rings. The number of nitrogens with zero attached hydrogens (tertiary/aromatic N) is 1. The molecule has 2 aliphatic heterocycles. The van der Waals surface area contributed by atoms with Crippen molar-refractivity contribution in [2.75, 3.05) is 32.7 Å². The first kappa shape index (κ1) is 14.1. The molecule has 0 saturated carbocycles. The molecular formula is C18H28N2. The molecular weight excluding hydrogens is 244 g/mol. The van der Waals surface area contributed by atoms with Gasteiger partial charge in [-0.05, 0) is 68.8 Å². The molecule has 1 aromatic rings. The lowest BCUT2D eigenvalue weighted by Crippen LogP contribution is -2.39. The van der Waals surface area contributed by atoms with Crippen LogP contribution < -0.4 is 5.32 Å². The van der Waals surface area contributed by atoms with Crippen molar-refractivity contribution in [3.8, 4) is 0 Å². The van der Waals surface area contributed by atoms with Gasteiger partial charge >= 0.3 is 0 Å². The van der Waals surface area contributed by atoms with Gasteiger partial charge in [-0.3, -0.25) is 0 Å². The number of likely N-dealkylation sites (tertiary alicyclic amines) is 1. The maximum atomic E-state index is 3.53. The lowest BCUT2D eigenvalue weighted by Gasteiger charge is -2.34. The van der Waals surface area contributed by atoms with Gasteiger partial charge in [0.05, 0.1) is 0 Å². The first-order chi connectivity index (χ1) is 9.81. The third kappa shape index (κ3) is 3.62. The molecule has 2 saturated heterocycles. The zero-order valence-corrected chi connectivity index (χ0v) is 12.7. The van der Waals surface area contributed by atoms with Gasteiger partial charge in [0.15, 0.2) is 0 Å². The number of benzene rings is 1. The van der Waals surface area contributed by atoms with Gasteiger partial charge in [0, 0.05) is 6.54 Å². The highest BCUT2D eigenvalue weighted by atomic mass is 15.1. The molecule has 0 bridgehead atoms. The molecule has 0 spiro atoms. The highest BCUT2D eigenvalue weighted by Gasteiger charge is 2.27. The minimum Gasteiger partial charge on any atom is -0.316 e. The molecule has 3 rings (SSSR count). The number of hydrogen-bond donors (Lipinski definition) is 1. The summed E-state index contributed by atoms with van der Waals surface area (Å²) >= 11 is 0.